The van der Waals surface area contributed by atoms with Gasteiger partial charge in [0.25, 0.3) is 0 Å². The van der Waals surface area contributed by atoms with Crippen LogP contribution in [0.1, 0.15) is 25.7 Å². The van der Waals surface area contributed by atoms with Gasteiger partial charge in [-0.05, 0) is 25.8 Å². The maximum absolute atomic E-state index is 12.1. The molecular formula is C9H17BrFN. The van der Waals surface area contributed by atoms with Crippen LogP contribution in [0.4, 0.5) is 4.39 Å². The van der Waals surface area contributed by atoms with E-state index in [2.05, 4.69) is 20.8 Å². The number of halogens is 2. The molecule has 0 spiro atoms. The van der Waals surface area contributed by atoms with Crippen LogP contribution in [-0.2, 0) is 0 Å². The minimum Gasteiger partial charge on any atom is -0.298 e. The third kappa shape index (κ3) is 3.02. The zero-order valence-electron chi connectivity index (χ0n) is 7.44. The second-order valence-electron chi connectivity index (χ2n) is 3.35. The summed E-state index contributed by atoms with van der Waals surface area (Å²) < 4.78 is 12.1. The highest BCUT2D eigenvalue weighted by Gasteiger charge is 2.20. The van der Waals surface area contributed by atoms with Crippen molar-refractivity contribution in [2.24, 2.45) is 0 Å². The molecule has 0 saturated carbocycles. The highest BCUT2D eigenvalue weighted by Crippen LogP contribution is 2.19. The summed E-state index contributed by atoms with van der Waals surface area (Å²) in [4.78, 5) is 2.30. The molecule has 0 bridgehead atoms. The van der Waals surface area contributed by atoms with Gasteiger partial charge in [0.2, 0.25) is 0 Å². The average Bonchev–Trinajstić information content (AvgIpc) is 2.09. The van der Waals surface area contributed by atoms with Gasteiger partial charge in [0, 0.05) is 17.9 Å². The van der Waals surface area contributed by atoms with Gasteiger partial charge in [0.1, 0.15) is 6.67 Å². The zero-order chi connectivity index (χ0) is 8.81. The first-order valence-electron chi connectivity index (χ1n) is 4.74. The molecule has 12 heavy (non-hydrogen) atoms. The van der Waals surface area contributed by atoms with Gasteiger partial charge in [-0.3, -0.25) is 4.90 Å². The lowest BCUT2D eigenvalue weighted by atomic mass is 10.0. The molecule has 1 atom stereocenters. The molecule has 1 heterocycles. The molecule has 1 fully saturated rings. The van der Waals surface area contributed by atoms with Crippen LogP contribution in [0.3, 0.4) is 0 Å². The molecule has 1 rings (SSSR count). The quantitative estimate of drug-likeness (QED) is 0.680. The van der Waals surface area contributed by atoms with Gasteiger partial charge in [-0.2, -0.15) is 0 Å². The third-order valence-electron chi connectivity index (χ3n) is 2.56. The Morgan fingerprint density at radius 3 is 2.92 bits per heavy atom. The molecule has 1 aliphatic heterocycles. The fourth-order valence-electron chi connectivity index (χ4n) is 1.92. The summed E-state index contributed by atoms with van der Waals surface area (Å²) in [6.07, 6.45) is 4.99. The van der Waals surface area contributed by atoms with E-state index in [1.165, 1.54) is 25.7 Å². The third-order valence-corrected chi connectivity index (χ3v) is 3.02. The van der Waals surface area contributed by atoms with Crippen molar-refractivity contribution in [1.82, 2.24) is 4.90 Å². The molecule has 0 aromatic heterocycles. The SMILES string of the molecule is FCCN1CCCCC1CCBr. The van der Waals surface area contributed by atoms with Gasteiger partial charge in [0.05, 0.1) is 0 Å². The van der Waals surface area contributed by atoms with Gasteiger partial charge >= 0.3 is 0 Å². The van der Waals surface area contributed by atoms with Gasteiger partial charge in [-0.1, -0.05) is 22.4 Å². The summed E-state index contributed by atoms with van der Waals surface area (Å²) in [5, 5.41) is 1.04. The minimum absolute atomic E-state index is 0.196. The Morgan fingerprint density at radius 2 is 2.25 bits per heavy atom. The first-order chi connectivity index (χ1) is 5.88. The van der Waals surface area contributed by atoms with Crippen molar-refractivity contribution >= 4 is 15.9 Å². The van der Waals surface area contributed by atoms with E-state index in [1.807, 2.05) is 0 Å². The first-order valence-corrected chi connectivity index (χ1v) is 5.86. The first kappa shape index (κ1) is 10.5. The van der Waals surface area contributed by atoms with Crippen LogP contribution < -0.4 is 0 Å². The van der Waals surface area contributed by atoms with E-state index >= 15 is 0 Å². The van der Waals surface area contributed by atoms with E-state index < -0.39 is 0 Å². The Bertz CT molecular complexity index is 103. The number of hydrogen-bond acceptors (Lipinski definition) is 1. The van der Waals surface area contributed by atoms with Gasteiger partial charge in [-0.25, -0.2) is 4.39 Å². The van der Waals surface area contributed by atoms with Gasteiger partial charge in [0.15, 0.2) is 0 Å². The number of nitrogens with zero attached hydrogens (tertiary/aromatic N) is 1. The molecule has 1 unspecified atom stereocenters. The molecule has 0 aromatic rings. The van der Waals surface area contributed by atoms with Crippen molar-refractivity contribution in [1.29, 1.82) is 0 Å². The normalized spacial score (nSPS) is 26.0. The lowest BCUT2D eigenvalue weighted by Gasteiger charge is -2.34. The largest absolute Gasteiger partial charge is 0.298 e. The number of piperidine rings is 1. The minimum atomic E-state index is -0.196. The fraction of sp³-hybridized carbons (Fsp3) is 1.00. The van der Waals surface area contributed by atoms with Crippen molar-refractivity contribution < 1.29 is 4.39 Å². The van der Waals surface area contributed by atoms with Crippen LogP contribution in [0.5, 0.6) is 0 Å². The van der Waals surface area contributed by atoms with Crippen molar-refractivity contribution in [2.45, 2.75) is 31.7 Å². The number of alkyl halides is 2. The number of rotatable bonds is 4. The summed E-state index contributed by atoms with van der Waals surface area (Å²) in [5.41, 5.74) is 0. The van der Waals surface area contributed by atoms with E-state index in [4.69, 9.17) is 0 Å². The Balaban J connectivity index is 2.31. The maximum Gasteiger partial charge on any atom is 0.102 e. The number of hydrogen-bond donors (Lipinski definition) is 0. The second kappa shape index (κ2) is 5.92. The molecule has 1 aliphatic rings. The monoisotopic (exact) mass is 237 g/mol. The Labute approximate surface area is 82.4 Å². The lowest BCUT2D eigenvalue weighted by Crippen LogP contribution is -2.40. The molecule has 0 amide bonds. The molecular weight excluding hydrogens is 221 g/mol. The van der Waals surface area contributed by atoms with E-state index in [-0.39, 0.29) is 6.67 Å². The van der Waals surface area contributed by atoms with E-state index in [0.29, 0.717) is 12.6 Å². The summed E-state index contributed by atoms with van der Waals surface area (Å²) in [6.45, 7) is 1.54. The summed E-state index contributed by atoms with van der Waals surface area (Å²) in [5.74, 6) is 0. The van der Waals surface area contributed by atoms with Crippen molar-refractivity contribution in [3.63, 3.8) is 0 Å². The van der Waals surface area contributed by atoms with Gasteiger partial charge in [-0.15, -0.1) is 0 Å². The molecule has 3 heteroatoms. The lowest BCUT2D eigenvalue weighted by molar-refractivity contribution is 0.135. The number of likely N-dealkylation sites (tertiary alicyclic amines) is 1. The highest BCUT2D eigenvalue weighted by atomic mass is 79.9. The molecule has 72 valence electrons. The van der Waals surface area contributed by atoms with Crippen LogP contribution in [0.25, 0.3) is 0 Å². The van der Waals surface area contributed by atoms with E-state index in [1.54, 1.807) is 0 Å². The summed E-state index contributed by atoms with van der Waals surface area (Å²) in [6, 6.07) is 0.633. The molecule has 0 aromatic carbocycles. The van der Waals surface area contributed by atoms with Crippen molar-refractivity contribution in [2.75, 3.05) is 25.1 Å². The van der Waals surface area contributed by atoms with Gasteiger partial charge < -0.3 is 0 Å². The predicted molar refractivity (Wildman–Crippen MR) is 53.6 cm³/mol. The van der Waals surface area contributed by atoms with Crippen LogP contribution in [0.15, 0.2) is 0 Å². The Hall–Kier alpha value is 0.370. The second-order valence-corrected chi connectivity index (χ2v) is 4.15. The predicted octanol–water partition coefficient (Wildman–Crippen LogP) is 2.60. The van der Waals surface area contributed by atoms with Crippen LogP contribution >= 0.6 is 15.9 Å². The Morgan fingerprint density at radius 1 is 1.42 bits per heavy atom. The molecule has 0 aliphatic carbocycles. The van der Waals surface area contributed by atoms with Crippen molar-refractivity contribution in [3.8, 4) is 0 Å². The molecule has 0 N–H and O–H groups in total. The fourth-order valence-corrected chi connectivity index (χ4v) is 2.44. The van der Waals surface area contributed by atoms with E-state index in [9.17, 15) is 4.39 Å². The average molecular weight is 238 g/mol. The molecule has 1 nitrogen and oxygen atoms in total. The highest BCUT2D eigenvalue weighted by molar-refractivity contribution is 9.09. The standard InChI is InChI=1S/C9H17BrFN/c10-5-4-9-3-1-2-7-12(9)8-6-11/h9H,1-8H2. The van der Waals surface area contributed by atoms with Crippen LogP contribution in [0.2, 0.25) is 0 Å². The molecule has 0 radical (unpaired) electrons. The smallest absolute Gasteiger partial charge is 0.102 e. The Kier molecular flexibility index (Phi) is 5.16. The summed E-state index contributed by atoms with van der Waals surface area (Å²) >= 11 is 3.44. The zero-order valence-corrected chi connectivity index (χ0v) is 9.02. The van der Waals surface area contributed by atoms with Crippen molar-refractivity contribution in [3.05, 3.63) is 0 Å². The maximum atomic E-state index is 12.1. The molecule has 1 saturated heterocycles. The van der Waals surface area contributed by atoms with Crippen LogP contribution in [-0.4, -0.2) is 36.0 Å². The van der Waals surface area contributed by atoms with Crippen LogP contribution in [0, 0.1) is 0 Å². The topological polar surface area (TPSA) is 3.24 Å². The summed E-state index contributed by atoms with van der Waals surface area (Å²) in [7, 11) is 0. The van der Waals surface area contributed by atoms with E-state index in [0.717, 1.165) is 11.9 Å².